The molecule has 0 rings (SSSR count). The van der Waals surface area contributed by atoms with Crippen LogP contribution in [0, 0.1) is 0 Å². The Balaban J connectivity index is 4.15. The third kappa shape index (κ3) is 14.3. The molecule has 0 heterocycles. The second kappa shape index (κ2) is 13.0. The third-order valence-corrected chi connectivity index (χ3v) is 3.77. The molecule has 4 nitrogen and oxygen atoms in total. The first-order valence-electron chi connectivity index (χ1n) is 9.40. The molecule has 0 aromatic heterocycles. The van der Waals surface area contributed by atoms with Gasteiger partial charge in [0.2, 0.25) is 0 Å². The van der Waals surface area contributed by atoms with Crippen molar-refractivity contribution in [2.75, 3.05) is 0 Å². The molecule has 0 aliphatic heterocycles. The van der Waals surface area contributed by atoms with E-state index < -0.39 is 11.7 Å². The Morgan fingerprint density at radius 3 is 2.33 bits per heavy atom. The minimum atomic E-state index is -0.513. The highest BCUT2D eigenvalue weighted by atomic mass is 16.6. The van der Waals surface area contributed by atoms with Crippen LogP contribution >= 0.6 is 0 Å². The Morgan fingerprint density at radius 1 is 1.08 bits per heavy atom. The second-order valence-electron chi connectivity index (χ2n) is 7.45. The lowest BCUT2D eigenvalue weighted by Gasteiger charge is -2.23. The Labute approximate surface area is 148 Å². The lowest BCUT2D eigenvalue weighted by atomic mass is 10.0. The quantitative estimate of drug-likeness (QED) is 0.353. The van der Waals surface area contributed by atoms with Crippen LogP contribution < -0.4 is 5.32 Å². The normalized spacial score (nSPS) is 12.5. The van der Waals surface area contributed by atoms with Crippen LogP contribution in [0.15, 0.2) is 12.7 Å². The number of ether oxygens (including phenoxy) is 1. The highest BCUT2D eigenvalue weighted by Gasteiger charge is 2.19. The molecule has 0 radical (unpaired) electrons. The molecule has 24 heavy (non-hydrogen) atoms. The predicted molar refractivity (Wildman–Crippen MR) is 100 cm³/mol. The molecule has 140 valence electrons. The van der Waals surface area contributed by atoms with Crippen LogP contribution in [0.1, 0.15) is 91.9 Å². The van der Waals surface area contributed by atoms with E-state index in [0.29, 0.717) is 25.0 Å². The van der Waals surface area contributed by atoms with Gasteiger partial charge in [0.1, 0.15) is 11.4 Å². The molecule has 0 aromatic rings. The number of carbonyl (C=O) groups is 2. The van der Waals surface area contributed by atoms with Crippen molar-refractivity contribution in [2.24, 2.45) is 0 Å². The first-order chi connectivity index (χ1) is 11.3. The fourth-order valence-corrected chi connectivity index (χ4v) is 2.47. The van der Waals surface area contributed by atoms with Crippen molar-refractivity contribution >= 4 is 11.9 Å². The van der Waals surface area contributed by atoms with Gasteiger partial charge in [-0.1, -0.05) is 38.7 Å². The minimum absolute atomic E-state index is 0.0399. The number of amides is 1. The zero-order valence-corrected chi connectivity index (χ0v) is 16.2. The SMILES string of the molecule is C=CCC[C@H](CCC(=O)CCCCCCC)NC(=O)OC(C)(C)C. The third-order valence-electron chi connectivity index (χ3n) is 3.77. The van der Waals surface area contributed by atoms with Gasteiger partial charge in [-0.2, -0.15) is 0 Å². The molecule has 0 aliphatic carbocycles. The Hall–Kier alpha value is -1.32. The van der Waals surface area contributed by atoms with Crippen LogP contribution in [-0.4, -0.2) is 23.5 Å². The summed E-state index contributed by atoms with van der Waals surface area (Å²) >= 11 is 0. The van der Waals surface area contributed by atoms with Crippen LogP contribution in [0.3, 0.4) is 0 Å². The first-order valence-corrected chi connectivity index (χ1v) is 9.40. The van der Waals surface area contributed by atoms with Gasteiger partial charge < -0.3 is 10.1 Å². The number of alkyl carbamates (subject to hydrolysis) is 1. The van der Waals surface area contributed by atoms with Crippen molar-refractivity contribution < 1.29 is 14.3 Å². The van der Waals surface area contributed by atoms with Crippen LogP contribution in [0.5, 0.6) is 0 Å². The molecule has 1 N–H and O–H groups in total. The highest BCUT2D eigenvalue weighted by molar-refractivity contribution is 5.78. The van der Waals surface area contributed by atoms with Crippen LogP contribution in [-0.2, 0) is 9.53 Å². The molecule has 0 spiro atoms. The Kier molecular flexibility index (Phi) is 12.3. The van der Waals surface area contributed by atoms with Crippen molar-refractivity contribution in [3.05, 3.63) is 12.7 Å². The Morgan fingerprint density at radius 2 is 1.75 bits per heavy atom. The van der Waals surface area contributed by atoms with Crippen molar-refractivity contribution in [2.45, 2.75) is 104 Å². The van der Waals surface area contributed by atoms with Gasteiger partial charge in [-0.3, -0.25) is 4.79 Å². The fraction of sp³-hybridized carbons (Fsp3) is 0.800. The smallest absolute Gasteiger partial charge is 0.407 e. The molecule has 1 atom stereocenters. The molecule has 0 aromatic carbocycles. The van der Waals surface area contributed by atoms with E-state index >= 15 is 0 Å². The topological polar surface area (TPSA) is 55.4 Å². The summed E-state index contributed by atoms with van der Waals surface area (Å²) in [5.74, 6) is 0.293. The summed E-state index contributed by atoms with van der Waals surface area (Å²) in [5, 5.41) is 2.89. The van der Waals surface area contributed by atoms with Gasteiger partial charge in [0.05, 0.1) is 0 Å². The largest absolute Gasteiger partial charge is 0.444 e. The van der Waals surface area contributed by atoms with Crippen molar-refractivity contribution in [3.8, 4) is 0 Å². The maximum absolute atomic E-state index is 12.0. The van der Waals surface area contributed by atoms with Gasteiger partial charge in [-0.15, -0.1) is 6.58 Å². The zero-order valence-electron chi connectivity index (χ0n) is 16.2. The van der Waals surface area contributed by atoms with E-state index in [2.05, 4.69) is 18.8 Å². The van der Waals surface area contributed by atoms with E-state index in [1.807, 2.05) is 26.8 Å². The summed E-state index contributed by atoms with van der Waals surface area (Å²) in [6, 6.07) is -0.0399. The first kappa shape index (κ1) is 22.7. The molecule has 4 heteroatoms. The van der Waals surface area contributed by atoms with Gasteiger partial charge in [0, 0.05) is 18.9 Å². The predicted octanol–water partition coefficient (Wildman–Crippen LogP) is 5.56. The number of rotatable bonds is 13. The minimum Gasteiger partial charge on any atom is -0.444 e. The van der Waals surface area contributed by atoms with E-state index in [0.717, 1.165) is 25.7 Å². The fourth-order valence-electron chi connectivity index (χ4n) is 2.47. The summed E-state index contributed by atoms with van der Waals surface area (Å²) in [4.78, 5) is 23.9. The van der Waals surface area contributed by atoms with Crippen LogP contribution in [0.2, 0.25) is 0 Å². The molecule has 0 saturated heterocycles. The lowest BCUT2D eigenvalue weighted by molar-refractivity contribution is -0.119. The maximum atomic E-state index is 12.0. The molecule has 0 fully saturated rings. The highest BCUT2D eigenvalue weighted by Crippen LogP contribution is 2.12. The van der Waals surface area contributed by atoms with E-state index in [1.165, 1.54) is 19.3 Å². The molecule has 0 saturated carbocycles. The summed E-state index contributed by atoms with van der Waals surface area (Å²) in [6.07, 6.45) is 10.7. The van der Waals surface area contributed by atoms with Crippen molar-refractivity contribution in [1.82, 2.24) is 5.32 Å². The molecule has 0 bridgehead atoms. The van der Waals surface area contributed by atoms with Crippen molar-refractivity contribution in [1.29, 1.82) is 0 Å². The monoisotopic (exact) mass is 339 g/mol. The molecular weight excluding hydrogens is 302 g/mol. The number of unbranched alkanes of at least 4 members (excludes halogenated alkanes) is 4. The van der Waals surface area contributed by atoms with Crippen LogP contribution in [0.25, 0.3) is 0 Å². The summed E-state index contributed by atoms with van der Waals surface area (Å²) in [5.41, 5.74) is -0.513. The summed E-state index contributed by atoms with van der Waals surface area (Å²) in [7, 11) is 0. The second-order valence-corrected chi connectivity index (χ2v) is 7.45. The standard InChI is InChI=1S/C20H37NO3/c1-6-8-10-11-12-14-18(22)16-15-17(13-9-7-2)21-19(23)24-20(3,4)5/h7,17H,2,6,8-16H2,1,3-5H3,(H,21,23)/t17-/m1/s1. The van der Waals surface area contributed by atoms with Crippen molar-refractivity contribution in [3.63, 3.8) is 0 Å². The number of allylic oxidation sites excluding steroid dienone is 1. The number of Topliss-reactive ketones (excluding diaryl/α,β-unsaturated/α-hetero) is 1. The number of carbonyl (C=O) groups excluding carboxylic acids is 2. The van der Waals surface area contributed by atoms with E-state index in [4.69, 9.17) is 4.74 Å². The van der Waals surface area contributed by atoms with Gasteiger partial charge in [-0.25, -0.2) is 4.79 Å². The average Bonchev–Trinajstić information content (AvgIpc) is 2.47. The summed E-state index contributed by atoms with van der Waals surface area (Å²) < 4.78 is 5.30. The Bertz CT molecular complexity index is 372. The average molecular weight is 340 g/mol. The van der Waals surface area contributed by atoms with E-state index in [1.54, 1.807) is 0 Å². The lowest BCUT2D eigenvalue weighted by Crippen LogP contribution is -2.39. The molecular formula is C20H37NO3. The van der Waals surface area contributed by atoms with E-state index in [9.17, 15) is 9.59 Å². The molecule has 0 aliphatic rings. The zero-order chi connectivity index (χ0) is 18.4. The molecule has 1 amide bonds. The van der Waals surface area contributed by atoms with Gasteiger partial charge in [-0.05, 0) is 46.5 Å². The van der Waals surface area contributed by atoms with Crippen LogP contribution in [0.4, 0.5) is 4.79 Å². The summed E-state index contributed by atoms with van der Waals surface area (Å²) in [6.45, 7) is 11.4. The molecule has 0 unspecified atom stereocenters. The maximum Gasteiger partial charge on any atom is 0.407 e. The van der Waals surface area contributed by atoms with Gasteiger partial charge >= 0.3 is 6.09 Å². The number of nitrogens with one attached hydrogen (secondary N) is 1. The van der Waals surface area contributed by atoms with Gasteiger partial charge in [0.15, 0.2) is 0 Å². The van der Waals surface area contributed by atoms with E-state index in [-0.39, 0.29) is 6.04 Å². The van der Waals surface area contributed by atoms with Gasteiger partial charge in [0.25, 0.3) is 0 Å². The number of hydrogen-bond acceptors (Lipinski definition) is 3. The number of ketones is 1. The number of hydrogen-bond donors (Lipinski definition) is 1.